The number of primary sulfonamides is 1. The molecule has 3 N–H and O–H groups in total. The third-order valence-electron chi connectivity index (χ3n) is 2.97. The molecule has 2 aromatic rings. The molecule has 0 heterocycles. The molecule has 0 bridgehead atoms. The van der Waals surface area contributed by atoms with E-state index in [2.05, 4.69) is 5.32 Å². The van der Waals surface area contributed by atoms with Crippen molar-refractivity contribution in [2.24, 2.45) is 5.14 Å². The average Bonchev–Trinajstić information content (AvgIpc) is 2.53. The zero-order valence-electron chi connectivity index (χ0n) is 12.4. The quantitative estimate of drug-likeness (QED) is 0.818. The molecular formula is C16H16N2O4S. The Bertz CT molecular complexity index is 827. The van der Waals surface area contributed by atoms with Gasteiger partial charge in [0.1, 0.15) is 5.75 Å². The molecule has 0 radical (unpaired) electrons. The van der Waals surface area contributed by atoms with E-state index in [1.807, 2.05) is 18.2 Å². The van der Waals surface area contributed by atoms with Crippen LogP contribution in [0.1, 0.15) is 5.56 Å². The van der Waals surface area contributed by atoms with Crippen LogP contribution in [0.15, 0.2) is 59.5 Å². The van der Waals surface area contributed by atoms with Crippen LogP contribution in [0.3, 0.4) is 0 Å². The number of anilines is 1. The highest BCUT2D eigenvalue weighted by Gasteiger charge is 2.07. The van der Waals surface area contributed by atoms with E-state index in [0.29, 0.717) is 11.4 Å². The van der Waals surface area contributed by atoms with Gasteiger partial charge in [-0.3, -0.25) is 4.79 Å². The van der Waals surface area contributed by atoms with Crippen LogP contribution in [0, 0.1) is 0 Å². The first kappa shape index (κ1) is 16.7. The van der Waals surface area contributed by atoms with Gasteiger partial charge in [0, 0.05) is 11.8 Å². The number of nitrogens with one attached hydrogen (secondary N) is 1. The van der Waals surface area contributed by atoms with Crippen LogP contribution in [0.25, 0.3) is 6.08 Å². The minimum atomic E-state index is -3.74. The maximum absolute atomic E-state index is 11.8. The van der Waals surface area contributed by atoms with E-state index in [1.54, 1.807) is 19.3 Å². The zero-order valence-corrected chi connectivity index (χ0v) is 13.2. The first-order valence-electron chi connectivity index (χ1n) is 6.64. The third-order valence-corrected chi connectivity index (χ3v) is 3.90. The van der Waals surface area contributed by atoms with Crippen LogP contribution in [-0.2, 0) is 14.8 Å². The molecule has 0 atom stereocenters. The summed E-state index contributed by atoms with van der Waals surface area (Å²) in [6.45, 7) is 0. The summed E-state index contributed by atoms with van der Waals surface area (Å²) >= 11 is 0. The van der Waals surface area contributed by atoms with Gasteiger partial charge in [-0.05, 0) is 48.0 Å². The van der Waals surface area contributed by atoms with E-state index < -0.39 is 10.0 Å². The Labute approximate surface area is 134 Å². The van der Waals surface area contributed by atoms with Crippen molar-refractivity contribution in [2.45, 2.75) is 4.90 Å². The molecule has 7 heteroatoms. The second kappa shape index (κ2) is 7.08. The van der Waals surface area contributed by atoms with Crippen LogP contribution in [0.4, 0.5) is 5.69 Å². The molecule has 0 aliphatic carbocycles. The predicted molar refractivity (Wildman–Crippen MR) is 88.5 cm³/mol. The molecule has 0 saturated heterocycles. The maximum Gasteiger partial charge on any atom is 0.248 e. The lowest BCUT2D eigenvalue weighted by molar-refractivity contribution is -0.111. The van der Waals surface area contributed by atoms with E-state index in [4.69, 9.17) is 9.88 Å². The summed E-state index contributed by atoms with van der Waals surface area (Å²) in [4.78, 5) is 11.8. The number of nitrogens with two attached hydrogens (primary N) is 1. The number of hydrogen-bond acceptors (Lipinski definition) is 4. The molecule has 0 saturated carbocycles. The van der Waals surface area contributed by atoms with Gasteiger partial charge in [-0.2, -0.15) is 0 Å². The highest BCUT2D eigenvalue weighted by Crippen LogP contribution is 2.15. The molecule has 1 amide bonds. The topological polar surface area (TPSA) is 98.5 Å². The lowest BCUT2D eigenvalue weighted by Gasteiger charge is -2.03. The molecule has 6 nitrogen and oxygen atoms in total. The Balaban J connectivity index is 2.03. The first-order valence-corrected chi connectivity index (χ1v) is 8.19. The minimum absolute atomic E-state index is 0.0116. The largest absolute Gasteiger partial charge is 0.497 e. The van der Waals surface area contributed by atoms with Crippen molar-refractivity contribution >= 4 is 27.7 Å². The standard InChI is InChI=1S/C16H16N2O4S/c1-22-14-4-2-3-12(11-14)5-10-16(19)18-13-6-8-15(9-7-13)23(17,20)21/h2-11H,1H3,(H,18,19)(H2,17,20,21)/b10-5+. The number of hydrogen-bond donors (Lipinski definition) is 2. The Kier molecular flexibility index (Phi) is 5.15. The van der Waals surface area contributed by atoms with E-state index in [9.17, 15) is 13.2 Å². The monoisotopic (exact) mass is 332 g/mol. The summed E-state index contributed by atoms with van der Waals surface area (Å²) in [5.74, 6) is 0.363. The molecule has 2 aromatic carbocycles. The van der Waals surface area contributed by atoms with Gasteiger partial charge in [0.05, 0.1) is 12.0 Å². The highest BCUT2D eigenvalue weighted by molar-refractivity contribution is 7.89. The number of carbonyl (C=O) groups excluding carboxylic acids is 1. The number of carbonyl (C=O) groups is 1. The molecule has 0 aromatic heterocycles. The summed E-state index contributed by atoms with van der Waals surface area (Å²) < 4.78 is 27.4. The molecule has 0 unspecified atom stereocenters. The van der Waals surface area contributed by atoms with E-state index in [-0.39, 0.29) is 10.8 Å². The summed E-state index contributed by atoms with van der Waals surface area (Å²) in [7, 11) is -2.17. The fourth-order valence-corrected chi connectivity index (χ4v) is 2.34. The van der Waals surface area contributed by atoms with Gasteiger partial charge in [-0.25, -0.2) is 13.6 Å². The van der Waals surface area contributed by atoms with Gasteiger partial charge in [0.15, 0.2) is 0 Å². The van der Waals surface area contributed by atoms with Gasteiger partial charge in [0.25, 0.3) is 0 Å². The van der Waals surface area contributed by atoms with Gasteiger partial charge in [-0.15, -0.1) is 0 Å². The number of ether oxygens (including phenoxy) is 1. The second-order valence-corrected chi connectivity index (χ2v) is 6.23. The lowest BCUT2D eigenvalue weighted by Crippen LogP contribution is -2.12. The fourth-order valence-electron chi connectivity index (χ4n) is 1.83. The molecule has 2 rings (SSSR count). The van der Waals surface area contributed by atoms with E-state index in [0.717, 1.165) is 5.56 Å². The van der Waals surface area contributed by atoms with Crippen molar-refractivity contribution in [3.63, 3.8) is 0 Å². The first-order chi connectivity index (χ1) is 10.9. The Morgan fingerprint density at radius 1 is 1.17 bits per heavy atom. The normalized spacial score (nSPS) is 11.4. The molecule has 0 spiro atoms. The summed E-state index contributed by atoms with van der Waals surface area (Å²) in [5.41, 5.74) is 1.29. The molecule has 0 aliphatic heterocycles. The molecule has 0 aliphatic rings. The van der Waals surface area contributed by atoms with E-state index >= 15 is 0 Å². The van der Waals surface area contributed by atoms with Crippen LogP contribution in [0.5, 0.6) is 5.75 Å². The third kappa shape index (κ3) is 4.94. The molecule has 120 valence electrons. The summed E-state index contributed by atoms with van der Waals surface area (Å²) in [6, 6.07) is 12.9. The van der Waals surface area contributed by atoms with Crippen molar-refractivity contribution < 1.29 is 17.9 Å². The van der Waals surface area contributed by atoms with Crippen LogP contribution >= 0.6 is 0 Å². The van der Waals surface area contributed by atoms with Crippen molar-refractivity contribution in [1.29, 1.82) is 0 Å². The van der Waals surface area contributed by atoms with Crippen molar-refractivity contribution in [3.05, 3.63) is 60.2 Å². The SMILES string of the molecule is COc1cccc(/C=C/C(=O)Nc2ccc(S(N)(=O)=O)cc2)c1. The lowest BCUT2D eigenvalue weighted by atomic mass is 10.2. The van der Waals surface area contributed by atoms with Crippen LogP contribution < -0.4 is 15.2 Å². The van der Waals surface area contributed by atoms with Gasteiger partial charge >= 0.3 is 0 Å². The summed E-state index contributed by atoms with van der Waals surface area (Å²) in [5, 5.41) is 7.63. The molecule has 0 fully saturated rings. The summed E-state index contributed by atoms with van der Waals surface area (Å²) in [6.07, 6.45) is 3.03. The van der Waals surface area contributed by atoms with Gasteiger partial charge in [-0.1, -0.05) is 12.1 Å². The van der Waals surface area contributed by atoms with Crippen molar-refractivity contribution in [3.8, 4) is 5.75 Å². The number of methoxy groups -OCH3 is 1. The fraction of sp³-hybridized carbons (Fsp3) is 0.0625. The van der Waals surface area contributed by atoms with Crippen LogP contribution in [0.2, 0.25) is 0 Å². The minimum Gasteiger partial charge on any atom is -0.497 e. The smallest absolute Gasteiger partial charge is 0.248 e. The van der Waals surface area contributed by atoms with E-state index in [1.165, 1.54) is 30.3 Å². The molecular weight excluding hydrogens is 316 g/mol. The second-order valence-electron chi connectivity index (χ2n) is 4.67. The Morgan fingerprint density at radius 3 is 2.48 bits per heavy atom. The molecule has 23 heavy (non-hydrogen) atoms. The number of amides is 1. The highest BCUT2D eigenvalue weighted by atomic mass is 32.2. The van der Waals surface area contributed by atoms with Gasteiger partial charge < -0.3 is 10.1 Å². The average molecular weight is 332 g/mol. The zero-order chi connectivity index (χ0) is 16.9. The van der Waals surface area contributed by atoms with Crippen molar-refractivity contribution in [2.75, 3.05) is 12.4 Å². The Morgan fingerprint density at radius 2 is 1.87 bits per heavy atom. The number of rotatable bonds is 5. The Hall–Kier alpha value is -2.64. The van der Waals surface area contributed by atoms with Gasteiger partial charge in [0.2, 0.25) is 15.9 Å². The van der Waals surface area contributed by atoms with Crippen LogP contribution in [-0.4, -0.2) is 21.4 Å². The van der Waals surface area contributed by atoms with Crippen molar-refractivity contribution in [1.82, 2.24) is 0 Å². The number of sulfonamides is 1. The number of benzene rings is 2. The maximum atomic E-state index is 11.8. The predicted octanol–water partition coefficient (Wildman–Crippen LogP) is 1.99.